The molecule has 14 nitrogen and oxygen atoms in total. The van der Waals surface area contributed by atoms with Crippen LogP contribution in [0, 0.1) is 0 Å². The predicted molar refractivity (Wildman–Crippen MR) is 221 cm³/mol. The monoisotopic (exact) mass is 848 g/mol. The van der Waals surface area contributed by atoms with Crippen molar-refractivity contribution in [3.05, 3.63) is 0 Å². The molecule has 16 heteroatoms. The second-order valence-electron chi connectivity index (χ2n) is 14.6. The van der Waals surface area contributed by atoms with Crippen LogP contribution in [0.3, 0.4) is 0 Å². The third-order valence-corrected chi connectivity index (χ3v) is 10.8. The van der Waals surface area contributed by atoms with Crippen molar-refractivity contribution in [3.63, 3.8) is 0 Å². The maximum atomic E-state index is 13.5. The van der Waals surface area contributed by atoms with E-state index < -0.39 is 32.8 Å². The summed E-state index contributed by atoms with van der Waals surface area (Å²) in [5, 5.41) is 0. The first-order valence-electron chi connectivity index (χ1n) is 21.7. The molecule has 336 valence electrons. The quantitative estimate of drug-likeness (QED) is 0.0342. The van der Waals surface area contributed by atoms with Crippen molar-refractivity contribution in [2.24, 2.45) is 0 Å². The highest BCUT2D eigenvalue weighted by molar-refractivity contribution is 7.86. The molecule has 0 radical (unpaired) electrons. The first-order chi connectivity index (χ1) is 26.9. The maximum Gasteiger partial charge on any atom is 0.264 e. The summed E-state index contributed by atoms with van der Waals surface area (Å²) in [6, 6.07) is 0. The summed E-state index contributed by atoms with van der Waals surface area (Å²) < 4.78 is 97.7. The van der Waals surface area contributed by atoms with Gasteiger partial charge in [0.2, 0.25) is 5.91 Å². The fourth-order valence-electron chi connectivity index (χ4n) is 5.87. The zero-order valence-corrected chi connectivity index (χ0v) is 37.0. The fraction of sp³-hybridized carbons (Fsp3) is 0.975. The standard InChI is InChI=1S/C40H81NO13S2/c1-4-7-10-13-16-17-20-25-38(42)41(26-32-53-39(36-49-28-23-34-55(43,44)45)51-30-21-18-14-11-8-5-2)27-33-54-40(37-50-29-24-35-56(46,47)48)52-31-22-19-15-12-9-6-3/h39-40H,4-37H2,1-3H3,(H,43,44,45)(H,46,47,48). The van der Waals surface area contributed by atoms with Gasteiger partial charge in [-0.15, -0.1) is 0 Å². The highest BCUT2D eigenvalue weighted by Crippen LogP contribution is 2.12. The second kappa shape index (κ2) is 38.3. The summed E-state index contributed by atoms with van der Waals surface area (Å²) in [6.07, 6.45) is 20.2. The summed E-state index contributed by atoms with van der Waals surface area (Å²) >= 11 is 0. The molecule has 2 atom stereocenters. The van der Waals surface area contributed by atoms with Gasteiger partial charge in [-0.1, -0.05) is 124 Å². The summed E-state index contributed by atoms with van der Waals surface area (Å²) in [7, 11) is -8.13. The van der Waals surface area contributed by atoms with E-state index in [-0.39, 0.29) is 69.9 Å². The Kier molecular flexibility index (Phi) is 37.6. The molecule has 0 aliphatic heterocycles. The molecule has 2 N–H and O–H groups in total. The molecule has 0 saturated heterocycles. The van der Waals surface area contributed by atoms with Gasteiger partial charge in [0, 0.05) is 45.9 Å². The van der Waals surface area contributed by atoms with Crippen molar-refractivity contribution in [2.45, 2.75) is 175 Å². The van der Waals surface area contributed by atoms with Gasteiger partial charge in [-0.3, -0.25) is 13.9 Å². The number of carbonyl (C=O) groups is 1. The van der Waals surface area contributed by atoms with Crippen molar-refractivity contribution in [1.82, 2.24) is 4.90 Å². The summed E-state index contributed by atoms with van der Waals surface area (Å²) in [6.45, 7) is 8.89. The third-order valence-electron chi connectivity index (χ3n) is 9.17. The number of rotatable bonds is 44. The van der Waals surface area contributed by atoms with E-state index in [2.05, 4.69) is 20.8 Å². The highest BCUT2D eigenvalue weighted by Gasteiger charge is 2.18. The van der Waals surface area contributed by atoms with Crippen LogP contribution in [0.25, 0.3) is 0 Å². The first kappa shape index (κ1) is 55.0. The lowest BCUT2D eigenvalue weighted by Gasteiger charge is -2.26. The maximum absolute atomic E-state index is 13.5. The van der Waals surface area contributed by atoms with Crippen LogP contribution < -0.4 is 0 Å². The molecular formula is C40H81NO13S2. The fourth-order valence-corrected chi connectivity index (χ4v) is 6.84. The molecule has 0 aromatic heterocycles. The Balaban J connectivity index is 5.34. The normalized spacial score (nSPS) is 13.3. The topological polar surface area (TPSA) is 184 Å². The minimum Gasteiger partial charge on any atom is -0.376 e. The van der Waals surface area contributed by atoms with Gasteiger partial charge in [-0.05, 0) is 32.1 Å². The van der Waals surface area contributed by atoms with Gasteiger partial charge in [-0.2, -0.15) is 16.8 Å². The Morgan fingerprint density at radius 1 is 0.464 bits per heavy atom. The van der Waals surface area contributed by atoms with E-state index in [1.54, 1.807) is 4.90 Å². The molecule has 0 fully saturated rings. The van der Waals surface area contributed by atoms with Gasteiger partial charge < -0.3 is 33.3 Å². The molecule has 2 unspecified atom stereocenters. The lowest BCUT2D eigenvalue weighted by Crippen LogP contribution is -2.39. The van der Waals surface area contributed by atoms with E-state index in [1.807, 2.05) is 0 Å². The van der Waals surface area contributed by atoms with Crippen molar-refractivity contribution >= 4 is 26.1 Å². The van der Waals surface area contributed by atoms with Crippen molar-refractivity contribution in [1.29, 1.82) is 0 Å². The molecule has 1 amide bonds. The second-order valence-corrected chi connectivity index (χ2v) is 17.7. The first-order valence-corrected chi connectivity index (χ1v) is 24.9. The van der Waals surface area contributed by atoms with Gasteiger partial charge in [0.15, 0.2) is 12.6 Å². The third kappa shape index (κ3) is 39.9. The molecule has 0 heterocycles. The van der Waals surface area contributed by atoms with Crippen LogP contribution in [0.1, 0.15) is 162 Å². The van der Waals surface area contributed by atoms with Crippen LogP contribution in [0.2, 0.25) is 0 Å². The number of carbonyl (C=O) groups excluding carboxylic acids is 1. The molecule has 0 rings (SSSR count). The van der Waals surface area contributed by atoms with E-state index >= 15 is 0 Å². The Morgan fingerprint density at radius 2 is 0.804 bits per heavy atom. The Labute approximate surface area is 341 Å². The van der Waals surface area contributed by atoms with E-state index in [1.165, 1.54) is 64.2 Å². The summed E-state index contributed by atoms with van der Waals surface area (Å²) in [5.74, 6) is -0.775. The molecule has 0 aromatic carbocycles. The van der Waals surface area contributed by atoms with Crippen molar-refractivity contribution < 1.29 is 59.2 Å². The highest BCUT2D eigenvalue weighted by atomic mass is 32.2. The van der Waals surface area contributed by atoms with E-state index in [9.17, 15) is 21.6 Å². The predicted octanol–water partition coefficient (Wildman–Crippen LogP) is 7.98. The Morgan fingerprint density at radius 3 is 1.18 bits per heavy atom. The lowest BCUT2D eigenvalue weighted by atomic mass is 10.1. The van der Waals surface area contributed by atoms with Gasteiger partial charge in [0.05, 0.1) is 37.9 Å². The number of ether oxygens (including phenoxy) is 6. The average Bonchev–Trinajstić information content (AvgIpc) is 3.14. The Hall–Kier alpha value is -0.950. The van der Waals surface area contributed by atoms with Crippen LogP contribution in [0.4, 0.5) is 0 Å². The van der Waals surface area contributed by atoms with Crippen LogP contribution in [-0.2, 0) is 53.5 Å². The SMILES string of the molecule is CCCCCCCCCC(=O)N(CCOC(COCCCS(=O)(=O)O)OCCCCCCCC)CCOC(COCCCS(=O)(=O)O)OCCCCCCCC. The van der Waals surface area contributed by atoms with Gasteiger partial charge in [-0.25, -0.2) is 0 Å². The number of hydrogen-bond donors (Lipinski definition) is 2. The average molecular weight is 848 g/mol. The van der Waals surface area contributed by atoms with Crippen molar-refractivity contribution in [2.75, 3.05) is 77.5 Å². The van der Waals surface area contributed by atoms with E-state index in [4.69, 9.17) is 37.5 Å². The zero-order chi connectivity index (χ0) is 41.6. The zero-order valence-electron chi connectivity index (χ0n) is 35.3. The minimum absolute atomic E-state index is 0.00257. The molecule has 56 heavy (non-hydrogen) atoms. The van der Waals surface area contributed by atoms with Gasteiger partial charge >= 0.3 is 0 Å². The molecule has 0 bridgehead atoms. The molecule has 0 saturated carbocycles. The molecular weight excluding hydrogens is 767 g/mol. The van der Waals surface area contributed by atoms with Gasteiger partial charge in [0.25, 0.3) is 20.2 Å². The van der Waals surface area contributed by atoms with Crippen LogP contribution in [0.5, 0.6) is 0 Å². The molecule has 0 aliphatic carbocycles. The van der Waals surface area contributed by atoms with Crippen LogP contribution in [0.15, 0.2) is 0 Å². The summed E-state index contributed by atoms with van der Waals surface area (Å²) in [4.78, 5) is 15.2. The number of unbranched alkanes of at least 4 members (excludes halogenated alkanes) is 16. The molecule has 0 spiro atoms. The number of nitrogens with zero attached hydrogens (tertiary/aromatic N) is 1. The van der Waals surface area contributed by atoms with Crippen LogP contribution in [-0.4, -0.2) is 127 Å². The largest absolute Gasteiger partial charge is 0.376 e. The minimum atomic E-state index is -4.07. The van der Waals surface area contributed by atoms with E-state index in [0.29, 0.717) is 32.7 Å². The van der Waals surface area contributed by atoms with Gasteiger partial charge in [0.1, 0.15) is 0 Å². The number of hydrogen-bond acceptors (Lipinski definition) is 11. The van der Waals surface area contributed by atoms with E-state index in [0.717, 1.165) is 57.8 Å². The molecule has 0 aliphatic rings. The summed E-state index contributed by atoms with van der Waals surface area (Å²) in [5.41, 5.74) is 0. The van der Waals surface area contributed by atoms with Crippen LogP contribution >= 0.6 is 0 Å². The Bertz CT molecular complexity index is 1030. The van der Waals surface area contributed by atoms with Crippen molar-refractivity contribution in [3.8, 4) is 0 Å². The smallest absolute Gasteiger partial charge is 0.264 e. The number of amides is 1. The lowest BCUT2D eigenvalue weighted by molar-refractivity contribution is -0.181. The molecule has 0 aromatic rings.